The molecule has 0 bridgehead atoms. The van der Waals surface area contributed by atoms with Crippen LogP contribution in [0.4, 0.5) is 0 Å². The lowest BCUT2D eigenvalue weighted by Gasteiger charge is -2.22. The Morgan fingerprint density at radius 2 is 0.946 bits per heavy atom. The molecule has 1 atom stereocenters. The summed E-state index contributed by atoms with van der Waals surface area (Å²) in [5.74, 6) is -0.0544. The maximum Gasteiger partial charge on any atom is 0.305 e. The van der Waals surface area contributed by atoms with Crippen LogP contribution in [0.5, 0.6) is 0 Å². The molecule has 0 saturated carbocycles. The number of unbranched alkanes of at least 4 members (excludes halogenated alkanes) is 17. The molecule has 0 amide bonds. The van der Waals surface area contributed by atoms with E-state index in [9.17, 15) is 9.59 Å². The minimum Gasteiger partial charge on any atom is -0.466 e. The van der Waals surface area contributed by atoms with Gasteiger partial charge in [-0.3, -0.25) is 9.59 Å². The van der Waals surface area contributed by atoms with Crippen molar-refractivity contribution >= 4 is 11.9 Å². The molecule has 0 N–H and O–H groups in total. The second-order valence-electron chi connectivity index (χ2n) is 12.6. The van der Waals surface area contributed by atoms with Gasteiger partial charge in [0.2, 0.25) is 0 Å². The van der Waals surface area contributed by atoms with Crippen molar-refractivity contribution in [1.29, 1.82) is 0 Å². The Labute approximate surface area is 231 Å². The van der Waals surface area contributed by atoms with Crippen LogP contribution in [-0.4, -0.2) is 25.2 Å². The van der Waals surface area contributed by atoms with Crippen LogP contribution in [0, 0.1) is 11.3 Å². The number of carbonyl (C=O) groups excluding carboxylic acids is 2. The lowest BCUT2D eigenvalue weighted by molar-refractivity contribution is -0.146. The molecule has 4 nitrogen and oxygen atoms in total. The van der Waals surface area contributed by atoms with E-state index in [0.29, 0.717) is 32.0 Å². The number of ether oxygens (including phenoxy) is 2. The van der Waals surface area contributed by atoms with E-state index in [1.807, 2.05) is 0 Å². The summed E-state index contributed by atoms with van der Waals surface area (Å²) in [6.45, 7) is 11.9. The second-order valence-corrected chi connectivity index (χ2v) is 12.6. The third-order valence-corrected chi connectivity index (χ3v) is 7.01. The Hall–Kier alpha value is -1.06. The van der Waals surface area contributed by atoms with Gasteiger partial charge in [-0.1, -0.05) is 144 Å². The molecule has 220 valence electrons. The van der Waals surface area contributed by atoms with E-state index < -0.39 is 0 Å². The molecule has 1 unspecified atom stereocenters. The lowest BCUT2D eigenvalue weighted by atomic mass is 9.86. The highest BCUT2D eigenvalue weighted by Gasteiger charge is 2.16. The average Bonchev–Trinajstić information content (AvgIpc) is 2.83. The summed E-state index contributed by atoms with van der Waals surface area (Å²) in [4.78, 5) is 23.7. The van der Waals surface area contributed by atoms with E-state index in [1.165, 1.54) is 103 Å². The van der Waals surface area contributed by atoms with E-state index >= 15 is 0 Å². The van der Waals surface area contributed by atoms with Crippen LogP contribution in [0.1, 0.15) is 176 Å². The maximum atomic E-state index is 11.9. The van der Waals surface area contributed by atoms with Crippen molar-refractivity contribution in [2.75, 3.05) is 13.2 Å². The Kier molecular flexibility index (Phi) is 24.5. The van der Waals surface area contributed by atoms with Gasteiger partial charge in [0.05, 0.1) is 13.2 Å². The smallest absolute Gasteiger partial charge is 0.305 e. The van der Waals surface area contributed by atoms with Gasteiger partial charge >= 0.3 is 11.9 Å². The molecule has 0 aromatic heterocycles. The first-order valence-corrected chi connectivity index (χ1v) is 16.1. The molecule has 0 aromatic carbocycles. The normalized spacial score (nSPS) is 12.5. The van der Waals surface area contributed by atoms with Crippen molar-refractivity contribution in [3.8, 4) is 0 Å². The predicted octanol–water partition coefficient (Wildman–Crippen LogP) is 10.4. The minimum absolute atomic E-state index is 0.194. The molecular weight excluding hydrogens is 460 g/mol. The van der Waals surface area contributed by atoms with E-state index in [0.717, 1.165) is 19.3 Å². The summed E-state index contributed by atoms with van der Waals surface area (Å²) in [6, 6.07) is 0. The van der Waals surface area contributed by atoms with Crippen LogP contribution in [0.3, 0.4) is 0 Å². The Morgan fingerprint density at radius 3 is 1.35 bits per heavy atom. The first-order valence-electron chi connectivity index (χ1n) is 16.1. The van der Waals surface area contributed by atoms with Gasteiger partial charge < -0.3 is 9.47 Å². The summed E-state index contributed by atoms with van der Waals surface area (Å²) in [7, 11) is 0. The molecule has 0 spiro atoms. The molecule has 0 aliphatic rings. The van der Waals surface area contributed by atoms with Crippen molar-refractivity contribution < 1.29 is 19.1 Å². The molecule has 0 aliphatic heterocycles. The van der Waals surface area contributed by atoms with Crippen molar-refractivity contribution in [3.05, 3.63) is 0 Å². The molecule has 0 aliphatic carbocycles. The Bertz CT molecular complexity index is 523. The van der Waals surface area contributed by atoms with Crippen molar-refractivity contribution in [3.63, 3.8) is 0 Å². The topological polar surface area (TPSA) is 52.6 Å². The molecular formula is C33H64O4. The highest BCUT2D eigenvalue weighted by Crippen LogP contribution is 2.24. The summed E-state index contributed by atoms with van der Waals surface area (Å²) in [5.41, 5.74) is 0.238. The van der Waals surface area contributed by atoms with Crippen LogP contribution >= 0.6 is 0 Å². The highest BCUT2D eigenvalue weighted by atomic mass is 16.5. The minimum atomic E-state index is -0.211. The van der Waals surface area contributed by atoms with Crippen LogP contribution in [0.2, 0.25) is 0 Å². The zero-order valence-electron chi connectivity index (χ0n) is 25.7. The van der Waals surface area contributed by atoms with Gasteiger partial charge in [-0.25, -0.2) is 0 Å². The van der Waals surface area contributed by atoms with Crippen LogP contribution < -0.4 is 0 Å². The van der Waals surface area contributed by atoms with E-state index in [2.05, 4.69) is 34.6 Å². The molecule has 0 aromatic rings. The third kappa shape index (κ3) is 29.4. The van der Waals surface area contributed by atoms with Crippen LogP contribution in [0.25, 0.3) is 0 Å². The summed E-state index contributed by atoms with van der Waals surface area (Å²) in [6.07, 6.45) is 26.4. The molecule has 37 heavy (non-hydrogen) atoms. The van der Waals surface area contributed by atoms with Crippen molar-refractivity contribution in [2.24, 2.45) is 11.3 Å². The van der Waals surface area contributed by atoms with Gasteiger partial charge in [0.1, 0.15) is 0 Å². The summed E-state index contributed by atoms with van der Waals surface area (Å²) >= 11 is 0. The average molecular weight is 525 g/mol. The monoisotopic (exact) mass is 524 g/mol. The molecule has 0 fully saturated rings. The fourth-order valence-corrected chi connectivity index (χ4v) is 5.05. The van der Waals surface area contributed by atoms with Crippen LogP contribution in [0.15, 0.2) is 0 Å². The zero-order chi connectivity index (χ0) is 27.6. The molecule has 0 heterocycles. The van der Waals surface area contributed by atoms with Gasteiger partial charge in [0, 0.05) is 12.8 Å². The van der Waals surface area contributed by atoms with Gasteiger partial charge in [-0.2, -0.15) is 0 Å². The molecule has 0 saturated heterocycles. The number of hydrogen-bond acceptors (Lipinski definition) is 4. The van der Waals surface area contributed by atoms with Crippen LogP contribution in [-0.2, 0) is 19.1 Å². The largest absolute Gasteiger partial charge is 0.466 e. The number of rotatable bonds is 26. The fourth-order valence-electron chi connectivity index (χ4n) is 5.05. The fraction of sp³-hybridized carbons (Fsp3) is 0.939. The standard InChI is InChI=1S/C33H64O4/c1-6-7-8-9-10-11-12-13-14-15-16-17-18-19-20-21-22-23-27-36-31(34)25-24-26-32(35)37-29-30(2)28-33(3,4)5/h30H,6-29H2,1-5H3. The Balaban J connectivity index is 3.33. The van der Waals surface area contributed by atoms with Gasteiger partial charge in [-0.15, -0.1) is 0 Å². The quantitative estimate of drug-likeness (QED) is 0.0834. The predicted molar refractivity (Wildman–Crippen MR) is 158 cm³/mol. The highest BCUT2D eigenvalue weighted by molar-refractivity contribution is 5.72. The third-order valence-electron chi connectivity index (χ3n) is 7.01. The van der Waals surface area contributed by atoms with E-state index in [1.54, 1.807) is 0 Å². The van der Waals surface area contributed by atoms with E-state index in [4.69, 9.17) is 9.47 Å². The van der Waals surface area contributed by atoms with Gasteiger partial charge in [0.25, 0.3) is 0 Å². The molecule has 0 rings (SSSR count). The number of hydrogen-bond donors (Lipinski definition) is 0. The lowest BCUT2D eigenvalue weighted by Crippen LogP contribution is -2.17. The summed E-state index contributed by atoms with van der Waals surface area (Å²) in [5, 5.41) is 0. The van der Waals surface area contributed by atoms with E-state index in [-0.39, 0.29) is 23.8 Å². The first-order chi connectivity index (χ1) is 17.7. The molecule has 0 radical (unpaired) electrons. The SMILES string of the molecule is CCCCCCCCCCCCCCCCCCCCOC(=O)CCCC(=O)OCC(C)CC(C)(C)C. The van der Waals surface area contributed by atoms with Gasteiger partial charge in [-0.05, 0) is 30.6 Å². The Morgan fingerprint density at radius 1 is 0.568 bits per heavy atom. The van der Waals surface area contributed by atoms with Crippen molar-refractivity contribution in [2.45, 2.75) is 176 Å². The molecule has 4 heteroatoms. The van der Waals surface area contributed by atoms with Gasteiger partial charge in [0.15, 0.2) is 0 Å². The zero-order valence-corrected chi connectivity index (χ0v) is 25.7. The van der Waals surface area contributed by atoms with Crippen molar-refractivity contribution in [1.82, 2.24) is 0 Å². The number of esters is 2. The maximum absolute atomic E-state index is 11.9. The first kappa shape index (κ1) is 35.9. The summed E-state index contributed by atoms with van der Waals surface area (Å²) < 4.78 is 10.7. The second kappa shape index (κ2) is 25.2. The number of carbonyl (C=O) groups is 2.